The van der Waals surface area contributed by atoms with E-state index in [1.54, 1.807) is 14.2 Å². The van der Waals surface area contributed by atoms with Crippen molar-refractivity contribution in [1.82, 2.24) is 4.90 Å². The Morgan fingerprint density at radius 1 is 0.783 bits per heavy atom. The lowest BCUT2D eigenvalue weighted by atomic mass is 10.1. The molecule has 1 saturated carbocycles. The molecule has 23 heavy (non-hydrogen) atoms. The second-order valence-corrected chi connectivity index (χ2v) is 6.31. The summed E-state index contributed by atoms with van der Waals surface area (Å²) in [5.74, 6) is 2.71. The predicted molar refractivity (Wildman–Crippen MR) is 92.8 cm³/mol. The quantitative estimate of drug-likeness (QED) is 0.732. The molecule has 0 radical (unpaired) electrons. The molecule has 3 rings (SSSR count). The highest BCUT2D eigenvalue weighted by atomic mass is 16.5. The Balaban J connectivity index is 1.65. The SMILES string of the molecule is COc1ccc(CN(Cc2ccc(OC)cc2)CC2CC2)cc1. The summed E-state index contributed by atoms with van der Waals surface area (Å²) in [6.45, 7) is 3.14. The van der Waals surface area contributed by atoms with Crippen LogP contribution >= 0.6 is 0 Å². The predicted octanol–water partition coefficient (Wildman–Crippen LogP) is 4.12. The molecule has 1 aliphatic rings. The lowest BCUT2D eigenvalue weighted by molar-refractivity contribution is 0.245. The number of benzene rings is 2. The van der Waals surface area contributed by atoms with Gasteiger partial charge < -0.3 is 9.47 Å². The monoisotopic (exact) mass is 311 g/mol. The highest BCUT2D eigenvalue weighted by Crippen LogP contribution is 2.31. The molecule has 0 aromatic heterocycles. The maximum Gasteiger partial charge on any atom is 0.118 e. The van der Waals surface area contributed by atoms with Crippen molar-refractivity contribution < 1.29 is 9.47 Å². The third-order valence-corrected chi connectivity index (χ3v) is 4.34. The van der Waals surface area contributed by atoms with Crippen molar-refractivity contribution in [3.8, 4) is 11.5 Å². The van der Waals surface area contributed by atoms with Crippen LogP contribution in [0.15, 0.2) is 48.5 Å². The molecule has 0 unspecified atom stereocenters. The van der Waals surface area contributed by atoms with Crippen LogP contribution in [0.2, 0.25) is 0 Å². The molecule has 2 aromatic carbocycles. The Morgan fingerprint density at radius 3 is 1.57 bits per heavy atom. The van der Waals surface area contributed by atoms with E-state index in [0.717, 1.165) is 30.5 Å². The molecule has 2 aromatic rings. The van der Waals surface area contributed by atoms with Crippen LogP contribution in [0.3, 0.4) is 0 Å². The molecule has 0 aliphatic heterocycles. The first kappa shape index (κ1) is 15.9. The number of nitrogens with zero attached hydrogens (tertiary/aromatic N) is 1. The maximum absolute atomic E-state index is 5.24. The average molecular weight is 311 g/mol. The highest BCUT2D eigenvalue weighted by molar-refractivity contribution is 5.28. The van der Waals surface area contributed by atoms with Gasteiger partial charge in [-0.3, -0.25) is 4.90 Å². The number of hydrogen-bond donors (Lipinski definition) is 0. The average Bonchev–Trinajstić information content (AvgIpc) is 3.40. The Labute approximate surface area is 138 Å². The van der Waals surface area contributed by atoms with Gasteiger partial charge in [0.1, 0.15) is 11.5 Å². The molecule has 0 saturated heterocycles. The van der Waals surface area contributed by atoms with Gasteiger partial charge in [-0.15, -0.1) is 0 Å². The molecule has 0 atom stereocenters. The van der Waals surface area contributed by atoms with Gasteiger partial charge >= 0.3 is 0 Å². The summed E-state index contributed by atoms with van der Waals surface area (Å²) in [7, 11) is 3.41. The molecule has 1 aliphatic carbocycles. The first-order valence-electron chi connectivity index (χ1n) is 8.25. The molecule has 0 spiro atoms. The van der Waals surface area contributed by atoms with E-state index in [1.165, 1.54) is 30.5 Å². The summed E-state index contributed by atoms with van der Waals surface area (Å²) in [5, 5.41) is 0. The number of rotatable bonds is 8. The van der Waals surface area contributed by atoms with E-state index in [4.69, 9.17) is 9.47 Å². The largest absolute Gasteiger partial charge is 0.497 e. The van der Waals surface area contributed by atoms with Crippen molar-refractivity contribution in [3.63, 3.8) is 0 Å². The van der Waals surface area contributed by atoms with Gasteiger partial charge in [0.2, 0.25) is 0 Å². The normalized spacial score (nSPS) is 14.0. The minimum Gasteiger partial charge on any atom is -0.497 e. The topological polar surface area (TPSA) is 21.7 Å². The maximum atomic E-state index is 5.24. The standard InChI is InChI=1S/C20H25NO2/c1-22-19-9-5-17(6-10-19)14-21(13-16-3-4-16)15-18-7-11-20(23-2)12-8-18/h5-12,16H,3-4,13-15H2,1-2H3. The van der Waals surface area contributed by atoms with E-state index in [0.29, 0.717) is 0 Å². The molecule has 0 N–H and O–H groups in total. The van der Waals surface area contributed by atoms with E-state index in [-0.39, 0.29) is 0 Å². The van der Waals surface area contributed by atoms with E-state index in [9.17, 15) is 0 Å². The van der Waals surface area contributed by atoms with Crippen molar-refractivity contribution in [2.45, 2.75) is 25.9 Å². The van der Waals surface area contributed by atoms with Crippen LogP contribution in [0.1, 0.15) is 24.0 Å². The van der Waals surface area contributed by atoms with Crippen molar-refractivity contribution in [1.29, 1.82) is 0 Å². The van der Waals surface area contributed by atoms with Crippen LogP contribution in [0.5, 0.6) is 11.5 Å². The summed E-state index contributed by atoms with van der Waals surface area (Å²) in [4.78, 5) is 2.54. The molecule has 0 amide bonds. The summed E-state index contributed by atoms with van der Waals surface area (Å²) >= 11 is 0. The van der Waals surface area contributed by atoms with Gasteiger partial charge in [0, 0.05) is 19.6 Å². The molecule has 0 heterocycles. The van der Waals surface area contributed by atoms with Crippen molar-refractivity contribution in [2.24, 2.45) is 5.92 Å². The molecule has 122 valence electrons. The lowest BCUT2D eigenvalue weighted by Gasteiger charge is -2.22. The highest BCUT2D eigenvalue weighted by Gasteiger charge is 2.24. The Kier molecular flexibility index (Phi) is 5.19. The van der Waals surface area contributed by atoms with Crippen LogP contribution in [-0.4, -0.2) is 25.7 Å². The van der Waals surface area contributed by atoms with Crippen molar-refractivity contribution in [2.75, 3.05) is 20.8 Å². The second kappa shape index (κ2) is 7.51. The molecular weight excluding hydrogens is 286 g/mol. The van der Waals surface area contributed by atoms with Crippen LogP contribution in [0.4, 0.5) is 0 Å². The number of hydrogen-bond acceptors (Lipinski definition) is 3. The van der Waals surface area contributed by atoms with Crippen molar-refractivity contribution in [3.05, 3.63) is 59.7 Å². The van der Waals surface area contributed by atoms with Gasteiger partial charge in [-0.2, -0.15) is 0 Å². The summed E-state index contributed by atoms with van der Waals surface area (Å²) < 4.78 is 10.5. The van der Waals surface area contributed by atoms with Gasteiger partial charge in [0.05, 0.1) is 14.2 Å². The first-order chi connectivity index (χ1) is 11.3. The van der Waals surface area contributed by atoms with Crippen LogP contribution < -0.4 is 9.47 Å². The van der Waals surface area contributed by atoms with Crippen LogP contribution in [0, 0.1) is 5.92 Å². The molecule has 0 bridgehead atoms. The van der Waals surface area contributed by atoms with Gasteiger partial charge in [-0.25, -0.2) is 0 Å². The fourth-order valence-corrected chi connectivity index (χ4v) is 2.83. The summed E-state index contributed by atoms with van der Waals surface area (Å²) in [6.07, 6.45) is 2.75. The molecule has 3 heteroatoms. The zero-order valence-corrected chi connectivity index (χ0v) is 14.0. The second-order valence-electron chi connectivity index (χ2n) is 6.31. The fraction of sp³-hybridized carbons (Fsp3) is 0.400. The number of methoxy groups -OCH3 is 2. The molecule has 1 fully saturated rings. The minimum absolute atomic E-state index is 0.881. The molecular formula is C20H25NO2. The van der Waals surface area contributed by atoms with Gasteiger partial charge in [0.15, 0.2) is 0 Å². The van der Waals surface area contributed by atoms with Gasteiger partial charge in [-0.05, 0) is 54.2 Å². The fourth-order valence-electron chi connectivity index (χ4n) is 2.83. The zero-order valence-electron chi connectivity index (χ0n) is 14.0. The third kappa shape index (κ3) is 4.73. The third-order valence-electron chi connectivity index (χ3n) is 4.34. The van der Waals surface area contributed by atoms with E-state index >= 15 is 0 Å². The minimum atomic E-state index is 0.881. The summed E-state index contributed by atoms with van der Waals surface area (Å²) in [5.41, 5.74) is 2.67. The zero-order chi connectivity index (χ0) is 16.1. The Morgan fingerprint density at radius 2 is 1.22 bits per heavy atom. The summed E-state index contributed by atoms with van der Waals surface area (Å²) in [6, 6.07) is 16.8. The van der Waals surface area contributed by atoms with Crippen LogP contribution in [0.25, 0.3) is 0 Å². The smallest absolute Gasteiger partial charge is 0.118 e. The van der Waals surface area contributed by atoms with E-state index in [1.807, 2.05) is 24.3 Å². The molecule has 3 nitrogen and oxygen atoms in total. The Bertz CT molecular complexity index is 553. The van der Waals surface area contributed by atoms with E-state index < -0.39 is 0 Å². The lowest BCUT2D eigenvalue weighted by Crippen LogP contribution is -2.25. The first-order valence-corrected chi connectivity index (χ1v) is 8.25. The number of ether oxygens (including phenoxy) is 2. The van der Waals surface area contributed by atoms with Gasteiger partial charge in [0.25, 0.3) is 0 Å². The Hall–Kier alpha value is -2.00. The van der Waals surface area contributed by atoms with E-state index in [2.05, 4.69) is 29.2 Å². The van der Waals surface area contributed by atoms with Crippen molar-refractivity contribution >= 4 is 0 Å². The van der Waals surface area contributed by atoms with Crippen LogP contribution in [-0.2, 0) is 13.1 Å². The van der Waals surface area contributed by atoms with Gasteiger partial charge in [-0.1, -0.05) is 24.3 Å².